The Labute approximate surface area is 108 Å². The fraction of sp³-hybridized carbons (Fsp3) is 0.818. The summed E-state index contributed by atoms with van der Waals surface area (Å²) in [5, 5.41) is 3.24. The van der Waals surface area contributed by atoms with Gasteiger partial charge in [0, 0.05) is 18.8 Å². The number of unbranched alkanes of at least 4 members (excludes halogenated alkanes) is 1. The Balaban J connectivity index is 0.00000256. The summed E-state index contributed by atoms with van der Waals surface area (Å²) < 4.78 is 0. The lowest BCUT2D eigenvalue weighted by Crippen LogP contribution is -2.32. The Bertz CT molecular complexity index is 243. The molecule has 1 rings (SSSR count). The first-order chi connectivity index (χ1) is 7.74. The van der Waals surface area contributed by atoms with Gasteiger partial charge in [0.1, 0.15) is 5.78 Å². The summed E-state index contributed by atoms with van der Waals surface area (Å²) in [5.74, 6) is 5.40. The summed E-state index contributed by atoms with van der Waals surface area (Å²) in [4.78, 5) is 22.6. The van der Waals surface area contributed by atoms with Gasteiger partial charge >= 0.3 is 0 Å². The van der Waals surface area contributed by atoms with Crippen LogP contribution in [0.25, 0.3) is 0 Å². The molecular weight excluding hydrogens is 242 g/mol. The van der Waals surface area contributed by atoms with Gasteiger partial charge in [0.2, 0.25) is 5.91 Å². The number of rotatable bonds is 6. The van der Waals surface area contributed by atoms with E-state index in [9.17, 15) is 9.59 Å². The van der Waals surface area contributed by atoms with Gasteiger partial charge in [-0.15, -0.1) is 12.4 Å². The molecule has 1 aliphatic heterocycles. The van der Waals surface area contributed by atoms with Gasteiger partial charge < -0.3 is 5.32 Å². The maximum Gasteiger partial charge on any atom is 0.233 e. The minimum atomic E-state index is -0.158. The number of hydrogen-bond acceptors (Lipinski definition) is 4. The molecular formula is C11H22ClN3O2. The highest BCUT2D eigenvalue weighted by atomic mass is 35.5. The van der Waals surface area contributed by atoms with E-state index in [2.05, 4.69) is 10.7 Å². The van der Waals surface area contributed by atoms with E-state index in [1.807, 2.05) is 0 Å². The SMILES string of the molecule is Cl.NNC(=O)CCCCC(=O)C1CCNCC1. The second-order valence-electron chi connectivity index (χ2n) is 4.27. The minimum Gasteiger partial charge on any atom is -0.317 e. The van der Waals surface area contributed by atoms with Crippen molar-refractivity contribution in [3.63, 3.8) is 0 Å². The Morgan fingerprint density at radius 2 is 1.76 bits per heavy atom. The van der Waals surface area contributed by atoms with Crippen molar-refractivity contribution in [3.8, 4) is 0 Å². The van der Waals surface area contributed by atoms with E-state index in [0.29, 0.717) is 18.6 Å². The van der Waals surface area contributed by atoms with E-state index in [1.54, 1.807) is 0 Å². The third-order valence-corrected chi connectivity index (χ3v) is 3.03. The van der Waals surface area contributed by atoms with Crippen LogP contribution >= 0.6 is 12.4 Å². The van der Waals surface area contributed by atoms with Crippen molar-refractivity contribution in [1.29, 1.82) is 0 Å². The monoisotopic (exact) mass is 263 g/mol. The first-order valence-electron chi connectivity index (χ1n) is 5.97. The largest absolute Gasteiger partial charge is 0.317 e. The van der Waals surface area contributed by atoms with Gasteiger partial charge in [-0.25, -0.2) is 5.84 Å². The van der Waals surface area contributed by atoms with Crippen molar-refractivity contribution < 1.29 is 9.59 Å². The number of carbonyl (C=O) groups is 2. The smallest absolute Gasteiger partial charge is 0.233 e. The summed E-state index contributed by atoms with van der Waals surface area (Å²) in [7, 11) is 0. The van der Waals surface area contributed by atoms with Gasteiger partial charge in [-0.1, -0.05) is 0 Å². The number of hydrogen-bond donors (Lipinski definition) is 3. The maximum absolute atomic E-state index is 11.8. The van der Waals surface area contributed by atoms with Crippen molar-refractivity contribution in [1.82, 2.24) is 10.7 Å². The van der Waals surface area contributed by atoms with Crippen LogP contribution in [0.2, 0.25) is 0 Å². The van der Waals surface area contributed by atoms with Crippen molar-refractivity contribution in [2.75, 3.05) is 13.1 Å². The number of nitrogens with two attached hydrogens (primary N) is 1. The fourth-order valence-electron chi connectivity index (χ4n) is 2.00. The van der Waals surface area contributed by atoms with Crippen molar-refractivity contribution in [3.05, 3.63) is 0 Å². The van der Waals surface area contributed by atoms with Crippen molar-refractivity contribution >= 4 is 24.1 Å². The molecule has 1 heterocycles. The van der Waals surface area contributed by atoms with Gasteiger partial charge in [-0.05, 0) is 38.8 Å². The molecule has 0 aromatic carbocycles. The van der Waals surface area contributed by atoms with E-state index in [4.69, 9.17) is 5.84 Å². The van der Waals surface area contributed by atoms with Crippen LogP contribution in [0.1, 0.15) is 38.5 Å². The Morgan fingerprint density at radius 3 is 2.35 bits per heavy atom. The van der Waals surface area contributed by atoms with Crippen LogP contribution in [0.15, 0.2) is 0 Å². The standard InChI is InChI=1S/C11H21N3O2.ClH/c12-14-11(16)4-2-1-3-10(15)9-5-7-13-8-6-9;/h9,13H,1-8,12H2,(H,14,16);1H. The zero-order valence-electron chi connectivity index (χ0n) is 10.0. The lowest BCUT2D eigenvalue weighted by molar-refractivity contribution is -0.124. The number of amides is 1. The third kappa shape index (κ3) is 6.61. The first-order valence-corrected chi connectivity index (χ1v) is 5.97. The molecule has 0 radical (unpaired) electrons. The number of Topliss-reactive ketones (excluding diaryl/α,β-unsaturated/α-hetero) is 1. The number of carbonyl (C=O) groups excluding carboxylic acids is 2. The number of hydrazine groups is 1. The van der Waals surface area contributed by atoms with Gasteiger partial charge in [0.25, 0.3) is 0 Å². The minimum absolute atomic E-state index is 0. The maximum atomic E-state index is 11.8. The molecule has 0 saturated carbocycles. The zero-order valence-corrected chi connectivity index (χ0v) is 10.9. The molecule has 17 heavy (non-hydrogen) atoms. The van der Waals surface area contributed by atoms with Gasteiger partial charge in [-0.2, -0.15) is 0 Å². The predicted octanol–water partition coefficient (Wildman–Crippen LogP) is 0.527. The normalized spacial score (nSPS) is 16.1. The van der Waals surface area contributed by atoms with Gasteiger partial charge in [0.15, 0.2) is 0 Å². The van der Waals surface area contributed by atoms with Crippen LogP contribution in [0.5, 0.6) is 0 Å². The van der Waals surface area contributed by atoms with Gasteiger partial charge in [-0.3, -0.25) is 15.0 Å². The molecule has 0 atom stereocenters. The molecule has 4 N–H and O–H groups in total. The van der Waals surface area contributed by atoms with Gasteiger partial charge in [0.05, 0.1) is 0 Å². The molecule has 1 fully saturated rings. The van der Waals surface area contributed by atoms with Crippen LogP contribution in [-0.2, 0) is 9.59 Å². The molecule has 100 valence electrons. The molecule has 0 spiro atoms. The molecule has 0 bridgehead atoms. The molecule has 1 amide bonds. The quantitative estimate of drug-likeness (QED) is 0.282. The van der Waals surface area contributed by atoms with E-state index in [-0.39, 0.29) is 24.2 Å². The number of piperidine rings is 1. The van der Waals surface area contributed by atoms with Crippen molar-refractivity contribution in [2.24, 2.45) is 11.8 Å². The molecule has 0 aromatic rings. The van der Waals surface area contributed by atoms with Crippen molar-refractivity contribution in [2.45, 2.75) is 38.5 Å². The fourth-order valence-corrected chi connectivity index (χ4v) is 2.00. The molecule has 0 aromatic heterocycles. The Kier molecular flexibility index (Phi) is 9.03. The van der Waals surface area contributed by atoms with E-state index >= 15 is 0 Å². The summed E-state index contributed by atoms with van der Waals surface area (Å²) in [6.07, 6.45) is 4.46. The van der Waals surface area contributed by atoms with Crippen LogP contribution in [0.3, 0.4) is 0 Å². The highest BCUT2D eigenvalue weighted by molar-refractivity contribution is 5.85. The number of ketones is 1. The van der Waals surface area contributed by atoms with E-state index in [0.717, 1.165) is 38.8 Å². The lowest BCUT2D eigenvalue weighted by Gasteiger charge is -2.21. The first kappa shape index (κ1) is 16.4. The van der Waals surface area contributed by atoms with E-state index < -0.39 is 0 Å². The molecule has 6 heteroatoms. The summed E-state index contributed by atoms with van der Waals surface area (Å²) in [6, 6.07) is 0. The molecule has 1 aliphatic rings. The molecule has 0 unspecified atom stereocenters. The summed E-state index contributed by atoms with van der Waals surface area (Å²) >= 11 is 0. The van der Waals surface area contributed by atoms with Crippen LogP contribution in [-0.4, -0.2) is 24.8 Å². The summed E-state index contributed by atoms with van der Waals surface area (Å²) in [5.41, 5.74) is 2.08. The highest BCUT2D eigenvalue weighted by Crippen LogP contribution is 2.16. The molecule has 5 nitrogen and oxygen atoms in total. The number of halogens is 1. The molecule has 1 saturated heterocycles. The Morgan fingerprint density at radius 1 is 1.18 bits per heavy atom. The second-order valence-corrected chi connectivity index (χ2v) is 4.27. The average Bonchev–Trinajstić information content (AvgIpc) is 2.35. The zero-order chi connectivity index (χ0) is 11.8. The van der Waals surface area contributed by atoms with E-state index in [1.165, 1.54) is 0 Å². The Hall–Kier alpha value is -0.650. The third-order valence-electron chi connectivity index (χ3n) is 3.03. The van der Waals surface area contributed by atoms with Crippen LogP contribution in [0, 0.1) is 5.92 Å². The van der Waals surface area contributed by atoms with Crippen LogP contribution < -0.4 is 16.6 Å². The second kappa shape index (κ2) is 9.39. The summed E-state index contributed by atoms with van der Waals surface area (Å²) in [6.45, 7) is 1.90. The average molecular weight is 264 g/mol. The number of nitrogens with one attached hydrogen (secondary N) is 2. The molecule has 0 aliphatic carbocycles. The lowest BCUT2D eigenvalue weighted by atomic mass is 9.91. The van der Waals surface area contributed by atoms with Crippen LogP contribution in [0.4, 0.5) is 0 Å². The predicted molar refractivity (Wildman–Crippen MR) is 68.6 cm³/mol. The topological polar surface area (TPSA) is 84.2 Å². The highest BCUT2D eigenvalue weighted by Gasteiger charge is 2.19.